The lowest BCUT2D eigenvalue weighted by atomic mass is 10.2. The molecule has 1 amide bonds. The number of rotatable bonds is 4. The third-order valence-electron chi connectivity index (χ3n) is 5.00. The fourth-order valence-corrected chi connectivity index (χ4v) is 3.67. The maximum absolute atomic E-state index is 12.3. The van der Waals surface area contributed by atoms with Crippen LogP contribution in [0.25, 0.3) is 0 Å². The summed E-state index contributed by atoms with van der Waals surface area (Å²) in [5, 5.41) is 0.715. The van der Waals surface area contributed by atoms with Crippen LogP contribution in [0.1, 0.15) is 31.2 Å². The number of benzene rings is 1. The lowest BCUT2D eigenvalue weighted by Gasteiger charge is -2.38. The largest absolute Gasteiger partial charge is 0.484 e. The van der Waals surface area contributed by atoms with Crippen LogP contribution < -0.4 is 4.74 Å². The molecule has 1 heterocycles. The first-order valence-corrected chi connectivity index (χ1v) is 8.92. The Labute approximate surface area is 143 Å². The van der Waals surface area contributed by atoms with Crippen molar-refractivity contribution < 1.29 is 9.53 Å². The van der Waals surface area contributed by atoms with Gasteiger partial charge in [0.25, 0.3) is 5.91 Å². The Morgan fingerprint density at radius 3 is 2.57 bits per heavy atom. The molecule has 23 heavy (non-hydrogen) atoms. The first-order valence-electron chi connectivity index (χ1n) is 8.54. The molecule has 5 heteroatoms. The fraction of sp³-hybridized carbons (Fsp3) is 0.611. The molecule has 0 spiro atoms. The van der Waals surface area contributed by atoms with Gasteiger partial charge in [-0.3, -0.25) is 9.69 Å². The van der Waals surface area contributed by atoms with Crippen LogP contribution >= 0.6 is 11.6 Å². The van der Waals surface area contributed by atoms with Crippen molar-refractivity contribution in [1.29, 1.82) is 0 Å². The first kappa shape index (κ1) is 16.6. The van der Waals surface area contributed by atoms with Gasteiger partial charge in [-0.1, -0.05) is 24.4 Å². The van der Waals surface area contributed by atoms with E-state index in [4.69, 9.17) is 16.3 Å². The molecule has 1 saturated heterocycles. The van der Waals surface area contributed by atoms with Crippen LogP contribution in [0, 0.1) is 6.92 Å². The number of hydrogen-bond acceptors (Lipinski definition) is 3. The van der Waals surface area contributed by atoms with Gasteiger partial charge in [-0.05, 0) is 43.5 Å². The van der Waals surface area contributed by atoms with Crippen LogP contribution in [0.15, 0.2) is 18.2 Å². The molecule has 3 rings (SSSR count). The van der Waals surface area contributed by atoms with Gasteiger partial charge in [-0.25, -0.2) is 0 Å². The summed E-state index contributed by atoms with van der Waals surface area (Å²) in [5.74, 6) is 0.772. The maximum Gasteiger partial charge on any atom is 0.260 e. The molecule has 1 aliphatic heterocycles. The molecule has 1 aliphatic carbocycles. The molecule has 1 saturated carbocycles. The van der Waals surface area contributed by atoms with Crippen molar-refractivity contribution in [3.63, 3.8) is 0 Å². The summed E-state index contributed by atoms with van der Waals surface area (Å²) in [5.41, 5.74) is 0.960. The molecule has 2 aliphatic rings. The quantitative estimate of drug-likeness (QED) is 0.847. The maximum atomic E-state index is 12.3. The summed E-state index contributed by atoms with van der Waals surface area (Å²) in [7, 11) is 0. The van der Waals surface area contributed by atoms with Gasteiger partial charge < -0.3 is 9.64 Å². The van der Waals surface area contributed by atoms with Crippen LogP contribution in [0.5, 0.6) is 5.75 Å². The Morgan fingerprint density at radius 1 is 1.22 bits per heavy atom. The summed E-state index contributed by atoms with van der Waals surface area (Å²) >= 11 is 6.00. The Hall–Kier alpha value is -1.26. The van der Waals surface area contributed by atoms with E-state index in [1.807, 2.05) is 17.9 Å². The number of halogens is 1. The lowest BCUT2D eigenvalue weighted by molar-refractivity contribution is -0.135. The zero-order valence-corrected chi connectivity index (χ0v) is 14.5. The predicted octanol–water partition coefficient (Wildman–Crippen LogP) is 3.11. The highest BCUT2D eigenvalue weighted by atomic mass is 35.5. The zero-order chi connectivity index (χ0) is 16.2. The Kier molecular flexibility index (Phi) is 5.44. The molecule has 0 bridgehead atoms. The summed E-state index contributed by atoms with van der Waals surface area (Å²) in [6.07, 6.45) is 5.37. The number of amides is 1. The molecular weight excluding hydrogens is 312 g/mol. The van der Waals surface area contributed by atoms with Crippen molar-refractivity contribution >= 4 is 17.5 Å². The molecule has 4 nitrogen and oxygen atoms in total. The normalized spacial score (nSPS) is 20.0. The van der Waals surface area contributed by atoms with Gasteiger partial charge in [0, 0.05) is 37.2 Å². The summed E-state index contributed by atoms with van der Waals surface area (Å²) in [6, 6.07) is 6.23. The Morgan fingerprint density at radius 2 is 1.91 bits per heavy atom. The van der Waals surface area contributed by atoms with E-state index in [2.05, 4.69) is 4.90 Å². The molecule has 0 N–H and O–H groups in total. The Bertz CT molecular complexity index is 550. The van der Waals surface area contributed by atoms with E-state index in [1.165, 1.54) is 25.7 Å². The predicted molar refractivity (Wildman–Crippen MR) is 92.1 cm³/mol. The van der Waals surface area contributed by atoms with E-state index in [0.29, 0.717) is 10.8 Å². The van der Waals surface area contributed by atoms with Crippen LogP contribution in [0.4, 0.5) is 0 Å². The smallest absolute Gasteiger partial charge is 0.260 e. The summed E-state index contributed by atoms with van der Waals surface area (Å²) < 4.78 is 5.62. The standard InChI is InChI=1S/C18H25ClN2O2/c1-14-12-16(6-7-17(14)19)23-13-18(22)21-10-8-20(9-11-21)15-4-2-3-5-15/h6-7,12,15H,2-5,8-11,13H2,1H3. The zero-order valence-electron chi connectivity index (χ0n) is 13.8. The first-order chi connectivity index (χ1) is 11.1. The minimum absolute atomic E-state index is 0.0728. The van der Waals surface area contributed by atoms with Gasteiger partial charge in [-0.2, -0.15) is 0 Å². The Balaban J connectivity index is 1.44. The van der Waals surface area contributed by atoms with Crippen molar-refractivity contribution in [2.75, 3.05) is 32.8 Å². The highest BCUT2D eigenvalue weighted by Gasteiger charge is 2.27. The van der Waals surface area contributed by atoms with E-state index in [-0.39, 0.29) is 12.5 Å². The number of nitrogens with zero attached hydrogens (tertiary/aromatic N) is 2. The average Bonchev–Trinajstić information content (AvgIpc) is 3.10. The van der Waals surface area contributed by atoms with Crippen LogP contribution in [0.2, 0.25) is 5.02 Å². The molecule has 0 aromatic heterocycles. The molecule has 1 aromatic rings. The third kappa shape index (κ3) is 4.18. The molecule has 0 unspecified atom stereocenters. The van der Waals surface area contributed by atoms with Crippen molar-refractivity contribution in [3.8, 4) is 5.75 Å². The fourth-order valence-electron chi connectivity index (χ4n) is 3.55. The van der Waals surface area contributed by atoms with E-state index in [9.17, 15) is 4.79 Å². The van der Waals surface area contributed by atoms with Crippen LogP contribution in [-0.2, 0) is 4.79 Å². The summed E-state index contributed by atoms with van der Waals surface area (Å²) in [4.78, 5) is 16.8. The second-order valence-corrected chi connectivity index (χ2v) is 6.96. The number of hydrogen-bond donors (Lipinski definition) is 0. The minimum Gasteiger partial charge on any atom is -0.484 e. The second kappa shape index (κ2) is 7.54. The van der Waals surface area contributed by atoms with Gasteiger partial charge in [0.1, 0.15) is 5.75 Å². The van der Waals surface area contributed by atoms with Crippen molar-refractivity contribution in [3.05, 3.63) is 28.8 Å². The van der Waals surface area contributed by atoms with E-state index in [1.54, 1.807) is 12.1 Å². The van der Waals surface area contributed by atoms with Gasteiger partial charge in [0.05, 0.1) is 0 Å². The average molecular weight is 337 g/mol. The molecule has 1 aromatic carbocycles. The number of aryl methyl sites for hydroxylation is 1. The van der Waals surface area contributed by atoms with Gasteiger partial charge in [0.2, 0.25) is 0 Å². The number of carbonyl (C=O) groups is 1. The number of ether oxygens (including phenoxy) is 1. The van der Waals surface area contributed by atoms with Crippen molar-refractivity contribution in [2.24, 2.45) is 0 Å². The van der Waals surface area contributed by atoms with Crippen LogP contribution in [-0.4, -0.2) is 54.5 Å². The molecule has 126 valence electrons. The molecule has 0 atom stereocenters. The van der Waals surface area contributed by atoms with E-state index >= 15 is 0 Å². The van der Waals surface area contributed by atoms with Crippen molar-refractivity contribution in [2.45, 2.75) is 38.6 Å². The van der Waals surface area contributed by atoms with Crippen LogP contribution in [0.3, 0.4) is 0 Å². The van der Waals surface area contributed by atoms with Gasteiger partial charge >= 0.3 is 0 Å². The van der Waals surface area contributed by atoms with Gasteiger partial charge in [-0.15, -0.1) is 0 Å². The topological polar surface area (TPSA) is 32.8 Å². The minimum atomic E-state index is 0.0728. The molecule has 0 radical (unpaired) electrons. The molecule has 2 fully saturated rings. The van der Waals surface area contributed by atoms with E-state index in [0.717, 1.165) is 37.8 Å². The monoisotopic (exact) mass is 336 g/mol. The number of carbonyl (C=O) groups excluding carboxylic acids is 1. The number of piperazine rings is 1. The van der Waals surface area contributed by atoms with E-state index < -0.39 is 0 Å². The SMILES string of the molecule is Cc1cc(OCC(=O)N2CCN(C3CCCC3)CC2)ccc1Cl. The van der Waals surface area contributed by atoms with Crippen molar-refractivity contribution in [1.82, 2.24) is 9.80 Å². The third-order valence-corrected chi connectivity index (χ3v) is 5.42. The highest BCUT2D eigenvalue weighted by molar-refractivity contribution is 6.31. The lowest BCUT2D eigenvalue weighted by Crippen LogP contribution is -2.52. The highest BCUT2D eigenvalue weighted by Crippen LogP contribution is 2.24. The summed E-state index contributed by atoms with van der Waals surface area (Å²) in [6.45, 7) is 5.66. The van der Waals surface area contributed by atoms with Gasteiger partial charge in [0.15, 0.2) is 6.61 Å². The molecular formula is C18H25ClN2O2. The second-order valence-electron chi connectivity index (χ2n) is 6.55.